The number of anilines is 1. The van der Waals surface area contributed by atoms with Crippen LogP contribution in [0.15, 0.2) is 30.3 Å². The molecule has 1 amide bonds. The lowest BCUT2D eigenvalue weighted by Crippen LogP contribution is -2.26. The van der Waals surface area contributed by atoms with Crippen molar-refractivity contribution < 1.29 is 18.3 Å². The molecule has 4 rings (SSSR count). The summed E-state index contributed by atoms with van der Waals surface area (Å²) in [7, 11) is 1.47. The fourth-order valence-electron chi connectivity index (χ4n) is 3.34. The molecule has 1 atom stereocenters. The number of aryl methyl sites for hydroxylation is 1. The Morgan fingerprint density at radius 1 is 1.15 bits per heavy atom. The monoisotopic (exact) mass is 371 g/mol. The average Bonchev–Trinajstić information content (AvgIpc) is 2.98. The highest BCUT2D eigenvalue weighted by Gasteiger charge is 2.35. The van der Waals surface area contributed by atoms with Crippen LogP contribution in [0.4, 0.5) is 14.6 Å². The third-order valence-electron chi connectivity index (χ3n) is 4.50. The zero-order valence-electron chi connectivity index (χ0n) is 14.5. The predicted molar refractivity (Wildman–Crippen MR) is 91.9 cm³/mol. The fraction of sp³-hybridized carbons (Fsp3) is 0.222. The van der Waals surface area contributed by atoms with Crippen LogP contribution in [0.5, 0.6) is 5.88 Å². The summed E-state index contributed by atoms with van der Waals surface area (Å²) in [6, 6.07) is 6.88. The summed E-state index contributed by atoms with van der Waals surface area (Å²) in [5, 5.41) is 15.0. The number of ether oxygens (including phenoxy) is 1. The molecule has 0 spiro atoms. The van der Waals surface area contributed by atoms with Gasteiger partial charge in [0.05, 0.1) is 12.8 Å². The van der Waals surface area contributed by atoms with Gasteiger partial charge in [-0.3, -0.25) is 4.79 Å². The zero-order chi connectivity index (χ0) is 19.1. The van der Waals surface area contributed by atoms with Crippen LogP contribution in [-0.2, 0) is 4.79 Å². The second-order valence-corrected chi connectivity index (χ2v) is 6.13. The number of amides is 1. The summed E-state index contributed by atoms with van der Waals surface area (Å²) in [6.45, 7) is 1.72. The number of carbonyl (C=O) groups is 1. The first-order valence-electron chi connectivity index (χ1n) is 8.21. The van der Waals surface area contributed by atoms with Gasteiger partial charge < -0.3 is 10.1 Å². The van der Waals surface area contributed by atoms with E-state index < -0.39 is 17.6 Å². The molecule has 1 aromatic carbocycles. The number of carbonyl (C=O) groups excluding carboxylic acids is 1. The lowest BCUT2D eigenvalue weighted by molar-refractivity contribution is -0.116. The molecule has 1 aliphatic rings. The summed E-state index contributed by atoms with van der Waals surface area (Å²) < 4.78 is 35.1. The maximum Gasteiger partial charge on any atom is 0.233 e. The molecule has 0 aliphatic carbocycles. The van der Waals surface area contributed by atoms with Crippen molar-refractivity contribution in [2.45, 2.75) is 19.3 Å². The molecule has 1 N–H and O–H groups in total. The summed E-state index contributed by atoms with van der Waals surface area (Å²) in [4.78, 5) is 12.3. The Bertz CT molecular complexity index is 1010. The third-order valence-corrected chi connectivity index (χ3v) is 4.50. The van der Waals surface area contributed by atoms with Crippen molar-refractivity contribution in [2.24, 2.45) is 0 Å². The highest BCUT2D eigenvalue weighted by atomic mass is 19.1. The van der Waals surface area contributed by atoms with E-state index in [0.717, 1.165) is 0 Å². The van der Waals surface area contributed by atoms with E-state index in [4.69, 9.17) is 4.74 Å². The molecule has 2 aromatic heterocycles. The number of nitrogens with one attached hydrogen (secondary N) is 1. The van der Waals surface area contributed by atoms with Gasteiger partial charge in [-0.1, -0.05) is 6.07 Å². The average molecular weight is 371 g/mol. The van der Waals surface area contributed by atoms with E-state index in [1.54, 1.807) is 19.1 Å². The first-order chi connectivity index (χ1) is 13.0. The van der Waals surface area contributed by atoms with E-state index in [0.29, 0.717) is 28.8 Å². The molecule has 0 saturated heterocycles. The van der Waals surface area contributed by atoms with Crippen LogP contribution in [0.3, 0.4) is 0 Å². The minimum atomic E-state index is -0.782. The molecular formula is C18H15F2N5O2. The topological polar surface area (TPSA) is 81.9 Å². The van der Waals surface area contributed by atoms with Crippen LogP contribution in [0.1, 0.15) is 29.2 Å². The number of hydrogen-bond donors (Lipinski definition) is 1. The standard InChI is InChI=1S/C18H15F2N5O2/c1-9-16-10(17-11(19)4-3-5-12(17)20)8-14(26)21-18(16)25(24-9)13-6-7-15(27-2)23-22-13/h3-7,10H,8H2,1-2H3,(H,21,26). The highest BCUT2D eigenvalue weighted by molar-refractivity contribution is 5.95. The molecular weight excluding hydrogens is 356 g/mol. The van der Waals surface area contributed by atoms with E-state index in [1.165, 1.54) is 30.0 Å². The van der Waals surface area contributed by atoms with E-state index >= 15 is 0 Å². The van der Waals surface area contributed by atoms with Crippen LogP contribution >= 0.6 is 0 Å². The van der Waals surface area contributed by atoms with Crippen molar-refractivity contribution in [1.82, 2.24) is 20.0 Å². The van der Waals surface area contributed by atoms with Crippen LogP contribution in [0.25, 0.3) is 5.82 Å². The number of aromatic nitrogens is 4. The Kier molecular flexibility index (Phi) is 4.06. The van der Waals surface area contributed by atoms with Gasteiger partial charge in [0.25, 0.3) is 0 Å². The highest BCUT2D eigenvalue weighted by Crippen LogP contribution is 2.41. The second-order valence-electron chi connectivity index (χ2n) is 6.13. The second kappa shape index (κ2) is 6.42. The number of methoxy groups -OCH3 is 1. The van der Waals surface area contributed by atoms with Crippen LogP contribution in [-0.4, -0.2) is 33.0 Å². The van der Waals surface area contributed by atoms with Gasteiger partial charge in [0.1, 0.15) is 17.5 Å². The molecule has 3 heterocycles. The first kappa shape index (κ1) is 17.1. The van der Waals surface area contributed by atoms with Crippen molar-refractivity contribution in [3.05, 3.63) is 58.8 Å². The van der Waals surface area contributed by atoms with Crippen molar-refractivity contribution in [1.29, 1.82) is 0 Å². The van der Waals surface area contributed by atoms with Gasteiger partial charge in [-0.15, -0.1) is 10.2 Å². The largest absolute Gasteiger partial charge is 0.480 e. The van der Waals surface area contributed by atoms with Crippen molar-refractivity contribution in [3.8, 4) is 11.7 Å². The normalized spacial score (nSPS) is 16.0. The van der Waals surface area contributed by atoms with Crippen LogP contribution < -0.4 is 10.1 Å². The Labute approximate surface area is 153 Å². The summed E-state index contributed by atoms with van der Waals surface area (Å²) in [6.07, 6.45) is -0.0777. The molecule has 7 nitrogen and oxygen atoms in total. The molecule has 1 unspecified atom stereocenters. The number of fused-ring (bicyclic) bond motifs is 1. The minimum Gasteiger partial charge on any atom is -0.480 e. The number of nitrogens with zero attached hydrogens (tertiary/aromatic N) is 4. The molecule has 9 heteroatoms. The van der Waals surface area contributed by atoms with Crippen molar-refractivity contribution in [3.63, 3.8) is 0 Å². The molecule has 0 radical (unpaired) electrons. The first-order valence-corrected chi connectivity index (χ1v) is 8.21. The van der Waals surface area contributed by atoms with Gasteiger partial charge in [0.15, 0.2) is 5.82 Å². The number of halogens is 2. The predicted octanol–water partition coefficient (Wildman–Crippen LogP) is 2.73. The SMILES string of the molecule is COc1ccc(-n2nc(C)c3c2NC(=O)CC3c2c(F)cccc2F)nn1. The Hall–Kier alpha value is -3.36. The summed E-state index contributed by atoms with van der Waals surface area (Å²) in [5.74, 6) is -1.54. The lowest BCUT2D eigenvalue weighted by atomic mass is 9.85. The van der Waals surface area contributed by atoms with Gasteiger partial charge in [0, 0.05) is 29.5 Å². The number of benzene rings is 1. The molecule has 0 fully saturated rings. The maximum atomic E-state index is 14.4. The minimum absolute atomic E-state index is 0.0777. The van der Waals surface area contributed by atoms with Gasteiger partial charge >= 0.3 is 0 Å². The van der Waals surface area contributed by atoms with Crippen molar-refractivity contribution >= 4 is 11.7 Å². The number of hydrogen-bond acceptors (Lipinski definition) is 5. The third kappa shape index (κ3) is 2.80. The molecule has 0 bridgehead atoms. The molecule has 3 aromatic rings. The van der Waals surface area contributed by atoms with Gasteiger partial charge in [-0.05, 0) is 25.1 Å². The van der Waals surface area contributed by atoms with Gasteiger partial charge in [-0.25, -0.2) is 8.78 Å². The fourth-order valence-corrected chi connectivity index (χ4v) is 3.34. The molecule has 1 aliphatic heterocycles. The van der Waals surface area contributed by atoms with Crippen LogP contribution in [0.2, 0.25) is 0 Å². The quantitative estimate of drug-likeness (QED) is 0.766. The Morgan fingerprint density at radius 2 is 1.89 bits per heavy atom. The van der Waals surface area contributed by atoms with E-state index in [-0.39, 0.29) is 17.9 Å². The van der Waals surface area contributed by atoms with E-state index in [9.17, 15) is 13.6 Å². The number of rotatable bonds is 3. The lowest BCUT2D eigenvalue weighted by Gasteiger charge is -2.24. The van der Waals surface area contributed by atoms with Crippen molar-refractivity contribution in [2.75, 3.05) is 12.4 Å². The van der Waals surface area contributed by atoms with E-state index in [2.05, 4.69) is 20.6 Å². The smallest absolute Gasteiger partial charge is 0.233 e. The summed E-state index contributed by atoms with van der Waals surface area (Å²) in [5.41, 5.74) is 0.948. The zero-order valence-corrected chi connectivity index (χ0v) is 14.5. The van der Waals surface area contributed by atoms with Crippen LogP contribution in [0, 0.1) is 18.6 Å². The molecule has 27 heavy (non-hydrogen) atoms. The Balaban J connectivity index is 1.88. The molecule has 0 saturated carbocycles. The maximum absolute atomic E-state index is 14.4. The van der Waals surface area contributed by atoms with Gasteiger partial charge in [0.2, 0.25) is 11.8 Å². The molecule has 138 valence electrons. The van der Waals surface area contributed by atoms with Gasteiger partial charge in [-0.2, -0.15) is 9.78 Å². The van der Waals surface area contributed by atoms with E-state index in [1.807, 2.05) is 0 Å². The summed E-state index contributed by atoms with van der Waals surface area (Å²) >= 11 is 0. The Morgan fingerprint density at radius 3 is 2.52 bits per heavy atom.